The van der Waals surface area contributed by atoms with Crippen LogP contribution >= 0.6 is 11.6 Å². The lowest BCUT2D eigenvalue weighted by Crippen LogP contribution is -2.28. The smallest absolute Gasteiger partial charge is 0.224 e. The molecule has 0 aromatic heterocycles. The number of nitrogens with two attached hydrogens (primary N) is 1. The molecule has 3 N–H and O–H groups in total. The zero-order chi connectivity index (χ0) is 13.1. The molecule has 0 unspecified atom stereocenters. The SMILES string of the molecule is Cc1ccc(Cl)cc1NC(=O)C[C@@H]1CCC[C@H]1N. The maximum atomic E-state index is 12.0. The minimum Gasteiger partial charge on any atom is -0.327 e. The molecule has 2 rings (SSSR count). The van der Waals surface area contributed by atoms with E-state index < -0.39 is 0 Å². The molecule has 1 saturated carbocycles. The average Bonchev–Trinajstić information content (AvgIpc) is 2.70. The van der Waals surface area contributed by atoms with Gasteiger partial charge in [0, 0.05) is 23.2 Å². The Kier molecular flexibility index (Phi) is 4.25. The van der Waals surface area contributed by atoms with Gasteiger partial charge in [-0.15, -0.1) is 0 Å². The number of carbonyl (C=O) groups is 1. The fourth-order valence-electron chi connectivity index (χ4n) is 2.49. The number of amides is 1. The van der Waals surface area contributed by atoms with E-state index in [1.165, 1.54) is 0 Å². The zero-order valence-corrected chi connectivity index (χ0v) is 11.3. The number of rotatable bonds is 3. The first kappa shape index (κ1) is 13.4. The van der Waals surface area contributed by atoms with Crippen molar-refractivity contribution in [1.29, 1.82) is 0 Å². The molecule has 1 aromatic carbocycles. The van der Waals surface area contributed by atoms with E-state index >= 15 is 0 Å². The summed E-state index contributed by atoms with van der Waals surface area (Å²) in [7, 11) is 0. The van der Waals surface area contributed by atoms with Gasteiger partial charge in [-0.2, -0.15) is 0 Å². The van der Waals surface area contributed by atoms with Crippen molar-refractivity contribution in [3.8, 4) is 0 Å². The van der Waals surface area contributed by atoms with Crippen LogP contribution in [0.1, 0.15) is 31.2 Å². The van der Waals surface area contributed by atoms with Gasteiger partial charge in [-0.3, -0.25) is 4.79 Å². The van der Waals surface area contributed by atoms with Crippen LogP contribution in [0.3, 0.4) is 0 Å². The molecule has 0 aliphatic heterocycles. The van der Waals surface area contributed by atoms with Crippen LogP contribution in [-0.4, -0.2) is 11.9 Å². The summed E-state index contributed by atoms with van der Waals surface area (Å²) in [4.78, 5) is 12.0. The molecular weight excluding hydrogens is 248 g/mol. The molecule has 0 spiro atoms. The Labute approximate surface area is 113 Å². The lowest BCUT2D eigenvalue weighted by atomic mass is 10.00. The van der Waals surface area contributed by atoms with E-state index in [1.807, 2.05) is 19.1 Å². The van der Waals surface area contributed by atoms with Crippen LogP contribution in [0.4, 0.5) is 5.69 Å². The van der Waals surface area contributed by atoms with E-state index in [0.29, 0.717) is 17.4 Å². The highest BCUT2D eigenvalue weighted by molar-refractivity contribution is 6.31. The van der Waals surface area contributed by atoms with Crippen LogP contribution in [-0.2, 0) is 4.79 Å². The Morgan fingerprint density at radius 3 is 2.94 bits per heavy atom. The molecule has 0 saturated heterocycles. The third-order valence-corrected chi connectivity index (χ3v) is 3.87. The molecule has 0 radical (unpaired) electrons. The van der Waals surface area contributed by atoms with Crippen LogP contribution in [0.2, 0.25) is 5.02 Å². The van der Waals surface area contributed by atoms with Crippen molar-refractivity contribution in [2.75, 3.05) is 5.32 Å². The van der Waals surface area contributed by atoms with Crippen LogP contribution in [0.15, 0.2) is 18.2 Å². The number of aryl methyl sites for hydroxylation is 1. The first-order valence-corrected chi connectivity index (χ1v) is 6.75. The van der Waals surface area contributed by atoms with Gasteiger partial charge in [0.2, 0.25) is 5.91 Å². The molecule has 1 aliphatic carbocycles. The van der Waals surface area contributed by atoms with Crippen LogP contribution in [0.25, 0.3) is 0 Å². The number of nitrogens with one attached hydrogen (secondary N) is 1. The van der Waals surface area contributed by atoms with Gasteiger partial charge in [-0.25, -0.2) is 0 Å². The van der Waals surface area contributed by atoms with Gasteiger partial charge in [-0.05, 0) is 43.4 Å². The third-order valence-electron chi connectivity index (χ3n) is 3.64. The number of halogens is 1. The molecule has 1 aliphatic rings. The average molecular weight is 267 g/mol. The minimum atomic E-state index is 0.0303. The molecule has 3 nitrogen and oxygen atoms in total. The Bertz CT molecular complexity index is 447. The molecule has 1 amide bonds. The lowest BCUT2D eigenvalue weighted by molar-refractivity contribution is -0.117. The van der Waals surface area contributed by atoms with E-state index in [2.05, 4.69) is 5.32 Å². The molecule has 1 fully saturated rings. The summed E-state index contributed by atoms with van der Waals surface area (Å²) >= 11 is 5.92. The van der Waals surface area contributed by atoms with Crippen molar-refractivity contribution in [2.24, 2.45) is 11.7 Å². The topological polar surface area (TPSA) is 55.1 Å². The molecule has 2 atom stereocenters. The van der Waals surface area contributed by atoms with Gasteiger partial charge in [0.1, 0.15) is 0 Å². The summed E-state index contributed by atoms with van der Waals surface area (Å²) in [5, 5.41) is 3.55. The van der Waals surface area contributed by atoms with E-state index in [0.717, 1.165) is 30.5 Å². The summed E-state index contributed by atoms with van der Waals surface area (Å²) in [6, 6.07) is 5.68. The Morgan fingerprint density at radius 2 is 2.28 bits per heavy atom. The number of carbonyl (C=O) groups excluding carboxylic acids is 1. The van der Waals surface area contributed by atoms with Crippen LogP contribution < -0.4 is 11.1 Å². The second-order valence-electron chi connectivity index (χ2n) is 5.07. The summed E-state index contributed by atoms with van der Waals surface area (Å²) in [6.07, 6.45) is 3.74. The van der Waals surface area contributed by atoms with Crippen molar-refractivity contribution < 1.29 is 4.79 Å². The van der Waals surface area contributed by atoms with Gasteiger partial charge in [0.25, 0.3) is 0 Å². The predicted octanol–water partition coefficient (Wildman–Crippen LogP) is 3.10. The van der Waals surface area contributed by atoms with Gasteiger partial charge in [0.05, 0.1) is 0 Å². The van der Waals surface area contributed by atoms with Crippen molar-refractivity contribution >= 4 is 23.2 Å². The van der Waals surface area contributed by atoms with E-state index in [1.54, 1.807) is 6.07 Å². The van der Waals surface area contributed by atoms with Crippen LogP contribution in [0, 0.1) is 12.8 Å². The number of hydrogen-bond acceptors (Lipinski definition) is 2. The summed E-state index contributed by atoms with van der Waals surface area (Å²) in [6.45, 7) is 1.95. The quantitative estimate of drug-likeness (QED) is 0.883. The van der Waals surface area contributed by atoms with E-state index in [-0.39, 0.29) is 11.9 Å². The highest BCUT2D eigenvalue weighted by atomic mass is 35.5. The van der Waals surface area contributed by atoms with Gasteiger partial charge >= 0.3 is 0 Å². The molecule has 18 heavy (non-hydrogen) atoms. The fraction of sp³-hybridized carbons (Fsp3) is 0.500. The Morgan fingerprint density at radius 1 is 1.50 bits per heavy atom. The first-order valence-electron chi connectivity index (χ1n) is 6.38. The van der Waals surface area contributed by atoms with Crippen molar-refractivity contribution in [3.05, 3.63) is 28.8 Å². The van der Waals surface area contributed by atoms with Gasteiger partial charge in [-0.1, -0.05) is 24.1 Å². The summed E-state index contributed by atoms with van der Waals surface area (Å²) < 4.78 is 0. The third kappa shape index (κ3) is 3.24. The summed E-state index contributed by atoms with van der Waals surface area (Å²) in [5.74, 6) is 0.354. The first-order chi connectivity index (χ1) is 8.56. The second kappa shape index (κ2) is 5.72. The Hall–Kier alpha value is -1.06. The fourth-order valence-corrected chi connectivity index (χ4v) is 2.66. The second-order valence-corrected chi connectivity index (χ2v) is 5.50. The number of hydrogen-bond donors (Lipinski definition) is 2. The maximum absolute atomic E-state index is 12.0. The van der Waals surface area contributed by atoms with Crippen molar-refractivity contribution in [3.63, 3.8) is 0 Å². The van der Waals surface area contributed by atoms with Crippen molar-refractivity contribution in [1.82, 2.24) is 0 Å². The standard InChI is InChI=1S/C14H19ClN2O/c1-9-5-6-11(15)8-13(9)17-14(18)7-10-3-2-4-12(10)16/h5-6,8,10,12H,2-4,7,16H2,1H3,(H,17,18)/t10-,12+/m0/s1. The molecule has 0 bridgehead atoms. The molecular formula is C14H19ClN2O. The van der Waals surface area contributed by atoms with Crippen LogP contribution in [0.5, 0.6) is 0 Å². The largest absolute Gasteiger partial charge is 0.327 e. The molecule has 98 valence electrons. The highest BCUT2D eigenvalue weighted by Gasteiger charge is 2.26. The number of benzene rings is 1. The molecule has 1 aromatic rings. The van der Waals surface area contributed by atoms with Crippen molar-refractivity contribution in [2.45, 2.75) is 38.6 Å². The van der Waals surface area contributed by atoms with E-state index in [4.69, 9.17) is 17.3 Å². The monoisotopic (exact) mass is 266 g/mol. The highest BCUT2D eigenvalue weighted by Crippen LogP contribution is 2.27. The normalized spacial score (nSPS) is 23.1. The van der Waals surface area contributed by atoms with E-state index in [9.17, 15) is 4.79 Å². The Balaban J connectivity index is 1.96. The molecule has 0 heterocycles. The predicted molar refractivity (Wildman–Crippen MR) is 74.8 cm³/mol. The maximum Gasteiger partial charge on any atom is 0.224 e. The number of anilines is 1. The van der Waals surface area contributed by atoms with Gasteiger partial charge < -0.3 is 11.1 Å². The molecule has 4 heteroatoms. The summed E-state index contributed by atoms with van der Waals surface area (Å²) in [5.41, 5.74) is 7.78. The lowest BCUT2D eigenvalue weighted by Gasteiger charge is -2.15. The minimum absolute atomic E-state index is 0.0303. The zero-order valence-electron chi connectivity index (χ0n) is 10.6. The van der Waals surface area contributed by atoms with Gasteiger partial charge in [0.15, 0.2) is 0 Å².